The molecule has 10 heteroatoms. The van der Waals surface area contributed by atoms with Crippen molar-refractivity contribution < 1.29 is 17.6 Å². The number of sulfonamides is 1. The number of rotatable bonds is 6. The molecule has 0 aliphatic rings. The number of carbonyl (C=O) groups is 1. The van der Waals surface area contributed by atoms with Crippen LogP contribution in [0.1, 0.15) is 13.8 Å². The fraction of sp³-hybridized carbons (Fsp3) is 0.263. The molecular weight excluding hydrogens is 417 g/mol. The quantitative estimate of drug-likeness (QED) is 0.642. The Balaban J connectivity index is 1.90. The summed E-state index contributed by atoms with van der Waals surface area (Å²) in [5, 5.41) is 2.67. The summed E-state index contributed by atoms with van der Waals surface area (Å²) in [7, 11) is -3.85. The molecule has 3 rings (SSSR count). The Morgan fingerprint density at radius 2 is 2.00 bits per heavy atom. The molecule has 29 heavy (non-hydrogen) atoms. The van der Waals surface area contributed by atoms with Gasteiger partial charge in [-0.3, -0.25) is 18.5 Å². The van der Waals surface area contributed by atoms with Crippen LogP contribution < -0.4 is 14.5 Å². The Bertz CT molecular complexity index is 1230. The van der Waals surface area contributed by atoms with Gasteiger partial charge < -0.3 is 5.32 Å². The predicted octanol–water partition coefficient (Wildman–Crippen LogP) is 3.02. The van der Waals surface area contributed by atoms with Gasteiger partial charge in [-0.25, -0.2) is 12.8 Å². The number of nitrogens with one attached hydrogen (secondary N) is 1. The topological polar surface area (TPSA) is 88.5 Å². The van der Waals surface area contributed by atoms with Gasteiger partial charge in [-0.15, -0.1) is 0 Å². The lowest BCUT2D eigenvalue weighted by molar-refractivity contribution is -0.116. The number of carbonyl (C=O) groups excluding carboxylic acids is 1. The normalized spacial score (nSPS) is 12.7. The van der Waals surface area contributed by atoms with Crippen molar-refractivity contribution in [3.63, 3.8) is 0 Å². The third-order valence-corrected chi connectivity index (χ3v) is 6.59. The molecule has 0 aliphatic carbocycles. The number of thiazole rings is 1. The van der Waals surface area contributed by atoms with Crippen LogP contribution in [-0.2, 0) is 21.4 Å². The van der Waals surface area contributed by atoms with E-state index in [1.54, 1.807) is 22.8 Å². The number of benzene rings is 2. The highest BCUT2D eigenvalue weighted by molar-refractivity contribution is 7.92. The van der Waals surface area contributed by atoms with E-state index in [0.717, 1.165) is 33.5 Å². The van der Waals surface area contributed by atoms with E-state index in [9.17, 15) is 22.4 Å². The number of hydrogen-bond donors (Lipinski definition) is 1. The van der Waals surface area contributed by atoms with E-state index in [0.29, 0.717) is 16.9 Å². The lowest BCUT2D eigenvalue weighted by Crippen LogP contribution is -2.45. The number of aryl methyl sites for hydroxylation is 1. The first-order valence-electron chi connectivity index (χ1n) is 8.81. The second kappa shape index (κ2) is 7.96. The van der Waals surface area contributed by atoms with Crippen LogP contribution in [0.25, 0.3) is 10.2 Å². The van der Waals surface area contributed by atoms with Crippen molar-refractivity contribution in [3.05, 3.63) is 57.9 Å². The molecule has 0 bridgehead atoms. The number of amides is 1. The number of nitrogens with zero attached hydrogens (tertiary/aromatic N) is 2. The standard InChI is InChI=1S/C19H20FN3O4S2/c1-4-22-16-9-8-14(11-17(16)28-19(22)25)21-18(24)12(2)23(29(3,26)27)15-7-5-6-13(20)10-15/h5-12H,4H2,1-3H3,(H,21,24)/t12-/m1/s1. The van der Waals surface area contributed by atoms with Crippen LogP contribution in [0.3, 0.4) is 0 Å². The molecule has 1 atom stereocenters. The summed E-state index contributed by atoms with van der Waals surface area (Å²) in [6, 6.07) is 8.98. The van der Waals surface area contributed by atoms with Gasteiger partial charge in [-0.2, -0.15) is 0 Å². The smallest absolute Gasteiger partial charge is 0.308 e. The van der Waals surface area contributed by atoms with Crippen LogP contribution in [0.15, 0.2) is 47.3 Å². The van der Waals surface area contributed by atoms with Crippen LogP contribution in [0.2, 0.25) is 0 Å². The average Bonchev–Trinajstić information content (AvgIpc) is 2.94. The molecule has 1 N–H and O–H groups in total. The summed E-state index contributed by atoms with van der Waals surface area (Å²) in [5.74, 6) is -1.19. The first-order chi connectivity index (χ1) is 13.6. The number of anilines is 2. The molecule has 0 unspecified atom stereocenters. The van der Waals surface area contributed by atoms with Gasteiger partial charge in [0.25, 0.3) is 0 Å². The zero-order chi connectivity index (χ0) is 21.3. The molecule has 0 fully saturated rings. The first-order valence-corrected chi connectivity index (χ1v) is 11.5. The molecule has 3 aromatic rings. The zero-order valence-electron chi connectivity index (χ0n) is 16.0. The molecule has 0 radical (unpaired) electrons. The van der Waals surface area contributed by atoms with Gasteiger partial charge in [0, 0.05) is 12.2 Å². The summed E-state index contributed by atoms with van der Waals surface area (Å²) < 4.78 is 41.4. The Kier molecular flexibility index (Phi) is 5.76. The Morgan fingerprint density at radius 3 is 2.62 bits per heavy atom. The van der Waals surface area contributed by atoms with Gasteiger partial charge in [0.15, 0.2) is 0 Å². The van der Waals surface area contributed by atoms with Crippen molar-refractivity contribution in [2.45, 2.75) is 26.4 Å². The maximum atomic E-state index is 13.6. The van der Waals surface area contributed by atoms with E-state index >= 15 is 0 Å². The van der Waals surface area contributed by atoms with Crippen LogP contribution in [0, 0.1) is 5.82 Å². The van der Waals surface area contributed by atoms with Crippen molar-refractivity contribution in [1.29, 1.82) is 0 Å². The Labute approximate surface area is 171 Å². The molecule has 0 spiro atoms. The molecule has 0 aliphatic heterocycles. The lowest BCUT2D eigenvalue weighted by atomic mass is 10.2. The SMILES string of the molecule is CCn1c(=O)sc2cc(NC(=O)[C@@H](C)N(c3cccc(F)c3)S(C)(=O)=O)ccc21. The number of halogens is 1. The minimum Gasteiger partial charge on any atom is -0.324 e. The highest BCUT2D eigenvalue weighted by Gasteiger charge is 2.29. The van der Waals surface area contributed by atoms with E-state index in [1.165, 1.54) is 25.1 Å². The molecule has 0 saturated heterocycles. The van der Waals surface area contributed by atoms with E-state index in [1.807, 2.05) is 6.92 Å². The summed E-state index contributed by atoms with van der Waals surface area (Å²) in [4.78, 5) is 24.6. The third kappa shape index (κ3) is 4.33. The van der Waals surface area contributed by atoms with Gasteiger partial charge in [0.05, 0.1) is 22.2 Å². The minimum atomic E-state index is -3.85. The molecular formula is C19H20FN3O4S2. The van der Waals surface area contributed by atoms with Crippen molar-refractivity contribution in [2.75, 3.05) is 15.9 Å². The third-order valence-electron chi connectivity index (χ3n) is 4.40. The van der Waals surface area contributed by atoms with Crippen LogP contribution in [0.5, 0.6) is 0 Å². The molecule has 2 aromatic carbocycles. The monoisotopic (exact) mass is 437 g/mol. The van der Waals surface area contributed by atoms with Gasteiger partial charge >= 0.3 is 4.87 Å². The van der Waals surface area contributed by atoms with Gasteiger partial charge in [-0.05, 0) is 50.2 Å². The van der Waals surface area contributed by atoms with E-state index in [-0.39, 0.29) is 10.6 Å². The molecule has 1 aromatic heterocycles. The molecule has 1 amide bonds. The van der Waals surface area contributed by atoms with Crippen molar-refractivity contribution >= 4 is 48.9 Å². The van der Waals surface area contributed by atoms with E-state index in [2.05, 4.69) is 5.32 Å². The van der Waals surface area contributed by atoms with E-state index in [4.69, 9.17) is 0 Å². The van der Waals surface area contributed by atoms with E-state index < -0.39 is 27.8 Å². The van der Waals surface area contributed by atoms with Crippen LogP contribution >= 0.6 is 11.3 Å². The van der Waals surface area contributed by atoms with Crippen molar-refractivity contribution in [2.24, 2.45) is 0 Å². The molecule has 0 saturated carbocycles. The Hall–Kier alpha value is -2.72. The number of hydrogen-bond acceptors (Lipinski definition) is 5. The Morgan fingerprint density at radius 1 is 1.28 bits per heavy atom. The lowest BCUT2D eigenvalue weighted by Gasteiger charge is -2.28. The molecule has 154 valence electrons. The summed E-state index contributed by atoms with van der Waals surface area (Å²) >= 11 is 1.07. The summed E-state index contributed by atoms with van der Waals surface area (Å²) in [6.45, 7) is 3.83. The van der Waals surface area contributed by atoms with Gasteiger partial charge in [0.2, 0.25) is 15.9 Å². The molecule has 7 nitrogen and oxygen atoms in total. The predicted molar refractivity (Wildman–Crippen MR) is 114 cm³/mol. The first kappa shape index (κ1) is 21.0. The second-order valence-electron chi connectivity index (χ2n) is 6.50. The highest BCUT2D eigenvalue weighted by atomic mass is 32.2. The van der Waals surface area contributed by atoms with Crippen LogP contribution in [0.4, 0.5) is 15.8 Å². The highest BCUT2D eigenvalue weighted by Crippen LogP contribution is 2.24. The summed E-state index contributed by atoms with van der Waals surface area (Å²) in [6.07, 6.45) is 0.957. The van der Waals surface area contributed by atoms with Gasteiger partial charge in [0.1, 0.15) is 11.9 Å². The fourth-order valence-electron chi connectivity index (χ4n) is 3.11. The zero-order valence-corrected chi connectivity index (χ0v) is 17.7. The maximum absolute atomic E-state index is 13.6. The summed E-state index contributed by atoms with van der Waals surface area (Å²) in [5.41, 5.74) is 1.27. The van der Waals surface area contributed by atoms with Crippen LogP contribution in [-0.4, -0.2) is 31.2 Å². The number of aromatic nitrogens is 1. The maximum Gasteiger partial charge on any atom is 0.308 e. The fourth-order valence-corrected chi connectivity index (χ4v) is 5.27. The number of fused-ring (bicyclic) bond motifs is 1. The van der Waals surface area contributed by atoms with Crippen molar-refractivity contribution in [1.82, 2.24) is 4.57 Å². The van der Waals surface area contributed by atoms with Gasteiger partial charge in [-0.1, -0.05) is 17.4 Å². The average molecular weight is 438 g/mol. The minimum absolute atomic E-state index is 0.0591. The second-order valence-corrected chi connectivity index (χ2v) is 9.35. The van der Waals surface area contributed by atoms with Crippen molar-refractivity contribution in [3.8, 4) is 0 Å². The molecule has 1 heterocycles. The largest absolute Gasteiger partial charge is 0.324 e.